The van der Waals surface area contributed by atoms with E-state index in [1.807, 2.05) is 0 Å². The maximum atomic E-state index is 12.3. The molecular weight excluding hydrogens is 352 g/mol. The third kappa shape index (κ3) is 4.57. The molecule has 0 unspecified atom stereocenters. The van der Waals surface area contributed by atoms with Gasteiger partial charge in [-0.15, -0.1) is 0 Å². The minimum atomic E-state index is -0.296. The van der Waals surface area contributed by atoms with Crippen LogP contribution in [0.25, 0.3) is 10.9 Å². The molecule has 138 valence electrons. The molecular formula is C18H22N4O3S. The zero-order chi connectivity index (χ0) is 18.5. The number of carbonyl (C=O) groups excluding carboxylic acids is 2. The van der Waals surface area contributed by atoms with Crippen molar-refractivity contribution in [3.8, 4) is 0 Å². The molecule has 7 nitrogen and oxygen atoms in total. The van der Waals surface area contributed by atoms with Crippen molar-refractivity contribution in [1.29, 1.82) is 0 Å². The van der Waals surface area contributed by atoms with Crippen LogP contribution in [-0.4, -0.2) is 34.4 Å². The second-order valence-corrected chi connectivity index (χ2v) is 6.99. The predicted octanol–water partition coefficient (Wildman–Crippen LogP) is 2.15. The Hall–Kier alpha value is -2.48. The maximum absolute atomic E-state index is 12.3. The summed E-state index contributed by atoms with van der Waals surface area (Å²) in [5.41, 5.74) is 0.609. The highest BCUT2D eigenvalue weighted by molar-refractivity contribution is 7.71. The molecule has 0 aliphatic heterocycles. The quantitative estimate of drug-likeness (QED) is 0.602. The lowest BCUT2D eigenvalue weighted by Crippen LogP contribution is -2.38. The average Bonchev–Trinajstić information content (AvgIpc) is 2.61. The summed E-state index contributed by atoms with van der Waals surface area (Å²) in [5.74, 6) is -0.330. The van der Waals surface area contributed by atoms with E-state index in [-0.39, 0.29) is 41.2 Å². The molecule has 1 aliphatic rings. The van der Waals surface area contributed by atoms with Gasteiger partial charge in [-0.1, -0.05) is 19.3 Å². The molecule has 0 saturated heterocycles. The zero-order valence-corrected chi connectivity index (χ0v) is 15.2. The highest BCUT2D eigenvalue weighted by atomic mass is 32.1. The number of aromatic amines is 2. The Kier molecular flexibility index (Phi) is 5.82. The van der Waals surface area contributed by atoms with E-state index < -0.39 is 0 Å². The van der Waals surface area contributed by atoms with Crippen LogP contribution in [0.1, 0.15) is 48.9 Å². The second kappa shape index (κ2) is 8.27. The van der Waals surface area contributed by atoms with Crippen molar-refractivity contribution in [3.05, 3.63) is 38.9 Å². The number of hydrogen-bond acceptors (Lipinski definition) is 4. The van der Waals surface area contributed by atoms with E-state index in [1.165, 1.54) is 6.42 Å². The molecule has 0 spiro atoms. The van der Waals surface area contributed by atoms with Crippen LogP contribution < -0.4 is 16.2 Å². The van der Waals surface area contributed by atoms with Crippen LogP contribution >= 0.6 is 12.2 Å². The molecule has 26 heavy (non-hydrogen) atoms. The molecule has 3 rings (SSSR count). The van der Waals surface area contributed by atoms with E-state index in [0.29, 0.717) is 16.5 Å². The normalized spacial score (nSPS) is 14.9. The van der Waals surface area contributed by atoms with Gasteiger partial charge in [0.25, 0.3) is 11.5 Å². The number of benzene rings is 1. The molecule has 1 heterocycles. The molecule has 1 aliphatic carbocycles. The lowest BCUT2D eigenvalue weighted by atomic mass is 9.95. The molecule has 2 aromatic rings. The monoisotopic (exact) mass is 374 g/mol. The fourth-order valence-electron chi connectivity index (χ4n) is 3.25. The zero-order valence-electron chi connectivity index (χ0n) is 14.4. The molecule has 4 N–H and O–H groups in total. The summed E-state index contributed by atoms with van der Waals surface area (Å²) >= 11 is 4.95. The van der Waals surface area contributed by atoms with Gasteiger partial charge in [0.15, 0.2) is 4.77 Å². The molecule has 1 fully saturated rings. The number of nitrogens with one attached hydrogen (secondary N) is 4. The Morgan fingerprint density at radius 1 is 1.15 bits per heavy atom. The number of rotatable bonds is 5. The molecule has 1 aromatic heterocycles. The Morgan fingerprint density at radius 2 is 1.92 bits per heavy atom. The Bertz CT molecular complexity index is 928. The van der Waals surface area contributed by atoms with E-state index in [9.17, 15) is 14.4 Å². The van der Waals surface area contributed by atoms with Crippen LogP contribution in [0, 0.1) is 4.77 Å². The fraction of sp³-hybridized carbons (Fsp3) is 0.444. The van der Waals surface area contributed by atoms with Gasteiger partial charge in [-0.25, -0.2) is 0 Å². The molecule has 0 bridgehead atoms. The van der Waals surface area contributed by atoms with Crippen LogP contribution in [0.2, 0.25) is 0 Å². The van der Waals surface area contributed by atoms with Crippen LogP contribution in [-0.2, 0) is 4.79 Å². The average molecular weight is 374 g/mol. The van der Waals surface area contributed by atoms with Gasteiger partial charge in [0.1, 0.15) is 0 Å². The summed E-state index contributed by atoms with van der Waals surface area (Å²) in [6.07, 6.45) is 5.89. The number of amides is 2. The Labute approximate surface area is 155 Å². The molecule has 0 radical (unpaired) electrons. The lowest BCUT2D eigenvalue weighted by molar-refractivity contribution is -0.121. The van der Waals surface area contributed by atoms with Gasteiger partial charge in [0, 0.05) is 24.6 Å². The number of aromatic nitrogens is 2. The van der Waals surface area contributed by atoms with Crippen molar-refractivity contribution in [2.45, 2.75) is 44.6 Å². The second-order valence-electron chi connectivity index (χ2n) is 6.58. The Balaban J connectivity index is 1.54. The first-order valence-corrected chi connectivity index (χ1v) is 9.28. The number of carbonyl (C=O) groups is 2. The molecule has 1 aromatic carbocycles. The summed E-state index contributed by atoms with van der Waals surface area (Å²) in [4.78, 5) is 41.4. The summed E-state index contributed by atoms with van der Waals surface area (Å²) in [6, 6.07) is 5.00. The highest BCUT2D eigenvalue weighted by Gasteiger charge is 2.15. The van der Waals surface area contributed by atoms with Crippen molar-refractivity contribution in [2.75, 3.05) is 6.54 Å². The summed E-state index contributed by atoms with van der Waals surface area (Å²) in [6.45, 7) is 0.265. The van der Waals surface area contributed by atoms with E-state index in [4.69, 9.17) is 12.2 Å². The Morgan fingerprint density at radius 3 is 2.69 bits per heavy atom. The van der Waals surface area contributed by atoms with Gasteiger partial charge in [-0.05, 0) is 43.3 Å². The molecule has 2 amide bonds. The van der Waals surface area contributed by atoms with Gasteiger partial charge in [-0.2, -0.15) is 0 Å². The number of H-pyrrole nitrogens is 2. The standard InChI is InChI=1S/C18H22N4O3S/c23-15(20-12-4-2-1-3-5-12)8-9-19-16(24)11-6-7-13-14(10-11)21-18(26)22-17(13)25/h6-7,10,12H,1-5,8-9H2,(H,19,24)(H,20,23)(H2,21,22,25,26). The van der Waals surface area contributed by atoms with Gasteiger partial charge in [-0.3, -0.25) is 19.4 Å². The maximum Gasteiger partial charge on any atom is 0.259 e. The van der Waals surface area contributed by atoms with Crippen LogP contribution in [0.4, 0.5) is 0 Å². The largest absolute Gasteiger partial charge is 0.353 e. The topological polar surface area (TPSA) is 107 Å². The first-order valence-electron chi connectivity index (χ1n) is 8.87. The molecule has 1 saturated carbocycles. The van der Waals surface area contributed by atoms with Gasteiger partial charge in [0.05, 0.1) is 10.9 Å². The number of fused-ring (bicyclic) bond motifs is 1. The van der Waals surface area contributed by atoms with E-state index >= 15 is 0 Å². The summed E-state index contributed by atoms with van der Waals surface area (Å²) < 4.78 is 0.208. The lowest BCUT2D eigenvalue weighted by Gasteiger charge is -2.22. The van der Waals surface area contributed by atoms with Crippen molar-refractivity contribution in [3.63, 3.8) is 0 Å². The molecule has 0 atom stereocenters. The first-order chi connectivity index (χ1) is 12.5. The predicted molar refractivity (Wildman–Crippen MR) is 102 cm³/mol. The smallest absolute Gasteiger partial charge is 0.259 e. The summed E-state index contributed by atoms with van der Waals surface area (Å²) in [7, 11) is 0. The van der Waals surface area contributed by atoms with Crippen LogP contribution in [0.5, 0.6) is 0 Å². The van der Waals surface area contributed by atoms with Gasteiger partial charge >= 0.3 is 0 Å². The van der Waals surface area contributed by atoms with E-state index in [0.717, 1.165) is 25.7 Å². The number of hydrogen-bond donors (Lipinski definition) is 4. The summed E-state index contributed by atoms with van der Waals surface area (Å²) in [5, 5.41) is 6.19. The van der Waals surface area contributed by atoms with E-state index in [1.54, 1.807) is 18.2 Å². The third-order valence-electron chi connectivity index (χ3n) is 4.61. The van der Waals surface area contributed by atoms with Crippen molar-refractivity contribution < 1.29 is 9.59 Å². The fourth-order valence-corrected chi connectivity index (χ4v) is 3.45. The van der Waals surface area contributed by atoms with Gasteiger partial charge < -0.3 is 15.6 Å². The third-order valence-corrected chi connectivity index (χ3v) is 4.81. The van der Waals surface area contributed by atoms with E-state index in [2.05, 4.69) is 20.6 Å². The molecule has 8 heteroatoms. The van der Waals surface area contributed by atoms with Crippen molar-refractivity contribution >= 4 is 34.9 Å². The minimum absolute atomic E-state index is 0.0358. The van der Waals surface area contributed by atoms with Crippen LogP contribution in [0.15, 0.2) is 23.0 Å². The van der Waals surface area contributed by atoms with Gasteiger partial charge in [0.2, 0.25) is 5.91 Å². The van der Waals surface area contributed by atoms with Crippen molar-refractivity contribution in [2.24, 2.45) is 0 Å². The minimum Gasteiger partial charge on any atom is -0.353 e. The van der Waals surface area contributed by atoms with Crippen LogP contribution in [0.3, 0.4) is 0 Å². The first kappa shape index (κ1) is 18.3. The highest BCUT2D eigenvalue weighted by Crippen LogP contribution is 2.17. The van der Waals surface area contributed by atoms with Crippen molar-refractivity contribution in [1.82, 2.24) is 20.6 Å². The SMILES string of the molecule is O=C(CCNC(=O)c1ccc2c(=O)[nH]c(=S)[nH]c2c1)NC1CCCCC1.